The van der Waals surface area contributed by atoms with Crippen LogP contribution in [0.25, 0.3) is 10.9 Å². The molecule has 0 saturated carbocycles. The van der Waals surface area contributed by atoms with Crippen LogP contribution in [0.2, 0.25) is 0 Å². The number of fused-ring (bicyclic) bond motifs is 1. The van der Waals surface area contributed by atoms with Gasteiger partial charge in [0.05, 0.1) is 5.52 Å². The zero-order chi connectivity index (χ0) is 22.2. The summed E-state index contributed by atoms with van der Waals surface area (Å²) in [6, 6.07) is 6.01. The molecule has 1 N–H and O–H groups in total. The number of aromatic nitrogens is 3. The van der Waals surface area contributed by atoms with E-state index in [0.29, 0.717) is 29.6 Å². The topological polar surface area (TPSA) is 57.2 Å². The van der Waals surface area contributed by atoms with E-state index in [4.69, 9.17) is 0 Å². The summed E-state index contributed by atoms with van der Waals surface area (Å²) in [6.45, 7) is 2.83. The first-order valence-corrected chi connectivity index (χ1v) is 10.1. The molecule has 6 nitrogen and oxygen atoms in total. The van der Waals surface area contributed by atoms with E-state index in [2.05, 4.69) is 15.1 Å². The van der Waals surface area contributed by atoms with Crippen LogP contribution in [-0.2, 0) is 19.8 Å². The number of carbonyl (C=O) groups excluding carboxylic acids is 1. The van der Waals surface area contributed by atoms with Gasteiger partial charge in [-0.1, -0.05) is 12.1 Å². The monoisotopic (exact) mass is 437 g/mol. The minimum atomic E-state index is -4.64. The van der Waals surface area contributed by atoms with Crippen LogP contribution in [0.3, 0.4) is 0 Å². The van der Waals surface area contributed by atoms with E-state index in [1.165, 1.54) is 11.1 Å². The molecule has 0 radical (unpaired) electrons. The van der Waals surface area contributed by atoms with Crippen molar-refractivity contribution in [1.29, 1.82) is 0 Å². The van der Waals surface area contributed by atoms with Gasteiger partial charge in [0.2, 0.25) is 0 Å². The van der Waals surface area contributed by atoms with Gasteiger partial charge in [-0.05, 0) is 37.6 Å². The number of hydrogen-bond donors (Lipinski definition) is 1. The molecular formula is C21H23F4N5O. The molecule has 3 heterocycles. The molecule has 1 saturated heterocycles. The first kappa shape index (κ1) is 21.4. The van der Waals surface area contributed by atoms with Gasteiger partial charge in [0, 0.05) is 44.3 Å². The summed E-state index contributed by atoms with van der Waals surface area (Å²) in [5.41, 5.74) is -0.107. The Bertz CT molecular complexity index is 1080. The minimum Gasteiger partial charge on any atom is -0.348 e. The number of rotatable bonds is 6. The molecule has 0 spiro atoms. The first-order chi connectivity index (χ1) is 14.7. The summed E-state index contributed by atoms with van der Waals surface area (Å²) in [6.07, 6.45) is -1.11. The number of nitrogens with zero attached hydrogens (tertiary/aromatic N) is 4. The molecule has 0 atom stereocenters. The van der Waals surface area contributed by atoms with E-state index in [1.54, 1.807) is 29.8 Å². The molecule has 0 bridgehead atoms. The van der Waals surface area contributed by atoms with E-state index in [-0.39, 0.29) is 12.2 Å². The average Bonchev–Trinajstić information content (AvgIpc) is 3.46. The van der Waals surface area contributed by atoms with Gasteiger partial charge in [-0.25, -0.2) is 4.39 Å². The third-order valence-electron chi connectivity index (χ3n) is 5.69. The van der Waals surface area contributed by atoms with Gasteiger partial charge >= 0.3 is 6.18 Å². The quantitative estimate of drug-likeness (QED) is 0.597. The van der Waals surface area contributed by atoms with Crippen LogP contribution in [0.5, 0.6) is 0 Å². The predicted octanol–water partition coefficient (Wildman–Crippen LogP) is 3.80. The highest BCUT2D eigenvalue weighted by atomic mass is 19.4. The molecule has 31 heavy (non-hydrogen) atoms. The molecule has 10 heteroatoms. The maximum absolute atomic E-state index is 14.5. The molecule has 1 aliphatic rings. The summed E-state index contributed by atoms with van der Waals surface area (Å²) in [5, 5.41) is 5.84. The lowest BCUT2D eigenvalue weighted by atomic mass is 10.1. The van der Waals surface area contributed by atoms with Crippen molar-refractivity contribution >= 4 is 16.8 Å². The highest BCUT2D eigenvalue weighted by Crippen LogP contribution is 2.29. The Morgan fingerprint density at radius 2 is 2.00 bits per heavy atom. The lowest BCUT2D eigenvalue weighted by molar-refractivity contribution is -0.141. The predicted molar refractivity (Wildman–Crippen MR) is 107 cm³/mol. The highest BCUT2D eigenvalue weighted by molar-refractivity contribution is 5.93. The summed E-state index contributed by atoms with van der Waals surface area (Å²) < 4.78 is 55.0. The molecule has 1 aliphatic heterocycles. The minimum absolute atomic E-state index is 0.0747. The molecule has 166 valence electrons. The van der Waals surface area contributed by atoms with Crippen molar-refractivity contribution in [3.05, 3.63) is 53.2 Å². The molecule has 2 aromatic heterocycles. The molecule has 3 aromatic rings. The number of aromatic amines is 1. The molecule has 1 fully saturated rings. The number of carbonyl (C=O) groups is 1. The van der Waals surface area contributed by atoms with Crippen molar-refractivity contribution in [2.45, 2.75) is 25.6 Å². The number of H-pyrrole nitrogens is 1. The van der Waals surface area contributed by atoms with Gasteiger partial charge in [-0.2, -0.15) is 18.3 Å². The highest BCUT2D eigenvalue weighted by Gasteiger charge is 2.35. The molecule has 4 rings (SSSR count). The second-order valence-corrected chi connectivity index (χ2v) is 7.84. The Labute approximate surface area is 176 Å². The van der Waals surface area contributed by atoms with Gasteiger partial charge in [0.15, 0.2) is 5.69 Å². The van der Waals surface area contributed by atoms with Gasteiger partial charge in [-0.3, -0.25) is 9.89 Å². The van der Waals surface area contributed by atoms with Crippen LogP contribution in [0.15, 0.2) is 30.5 Å². The average molecular weight is 437 g/mol. The SMILES string of the molecule is Cn1cc(F)c2c(CN(CCN3CCCC3)C(=O)c3cc(C(F)(F)F)n[nH]3)cccc21. The maximum atomic E-state index is 14.5. The van der Waals surface area contributed by atoms with Crippen molar-refractivity contribution in [3.8, 4) is 0 Å². The third-order valence-corrected chi connectivity index (χ3v) is 5.69. The van der Waals surface area contributed by atoms with Gasteiger partial charge in [0.1, 0.15) is 11.5 Å². The van der Waals surface area contributed by atoms with Crippen LogP contribution >= 0.6 is 0 Å². The van der Waals surface area contributed by atoms with Gasteiger partial charge in [-0.15, -0.1) is 0 Å². The molecule has 0 aliphatic carbocycles. The summed E-state index contributed by atoms with van der Waals surface area (Å²) in [4.78, 5) is 16.7. The van der Waals surface area contributed by atoms with E-state index < -0.39 is 23.6 Å². The largest absolute Gasteiger partial charge is 0.435 e. The fourth-order valence-electron chi connectivity index (χ4n) is 4.07. The smallest absolute Gasteiger partial charge is 0.348 e. The summed E-state index contributed by atoms with van der Waals surface area (Å²) >= 11 is 0. The number of alkyl halides is 3. The maximum Gasteiger partial charge on any atom is 0.435 e. The van der Waals surface area contributed by atoms with Crippen LogP contribution in [-0.4, -0.2) is 56.7 Å². The summed E-state index contributed by atoms with van der Waals surface area (Å²) in [7, 11) is 1.73. The van der Waals surface area contributed by atoms with Crippen molar-refractivity contribution in [3.63, 3.8) is 0 Å². The normalized spacial score (nSPS) is 15.1. The lowest BCUT2D eigenvalue weighted by Gasteiger charge is -2.25. The summed E-state index contributed by atoms with van der Waals surface area (Å²) in [5.74, 6) is -1.00. The number of amides is 1. The molecule has 1 amide bonds. The number of hydrogen-bond acceptors (Lipinski definition) is 3. The van der Waals surface area contributed by atoms with Crippen molar-refractivity contribution in [2.75, 3.05) is 26.2 Å². The number of benzene rings is 1. The Morgan fingerprint density at radius 1 is 1.26 bits per heavy atom. The number of nitrogens with one attached hydrogen (secondary N) is 1. The van der Waals surface area contributed by atoms with Gasteiger partial charge < -0.3 is 14.4 Å². The van der Waals surface area contributed by atoms with Crippen LogP contribution < -0.4 is 0 Å². The van der Waals surface area contributed by atoms with Crippen LogP contribution in [0, 0.1) is 5.82 Å². The Hall–Kier alpha value is -2.88. The molecular weight excluding hydrogens is 414 g/mol. The van der Waals surface area contributed by atoms with E-state index in [9.17, 15) is 22.4 Å². The lowest BCUT2D eigenvalue weighted by Crippen LogP contribution is -2.37. The third kappa shape index (κ3) is 4.43. The molecule has 1 aromatic carbocycles. The Morgan fingerprint density at radius 3 is 2.68 bits per heavy atom. The Balaban J connectivity index is 1.63. The zero-order valence-electron chi connectivity index (χ0n) is 17.0. The van der Waals surface area contributed by atoms with E-state index in [0.717, 1.165) is 32.0 Å². The number of aryl methyl sites for hydroxylation is 1. The van der Waals surface area contributed by atoms with Crippen LogP contribution in [0.1, 0.15) is 34.6 Å². The molecule has 0 unspecified atom stereocenters. The second kappa shape index (κ2) is 8.33. The van der Waals surface area contributed by atoms with E-state index in [1.807, 2.05) is 0 Å². The second-order valence-electron chi connectivity index (χ2n) is 7.84. The Kier molecular flexibility index (Phi) is 5.74. The van der Waals surface area contributed by atoms with Gasteiger partial charge in [0.25, 0.3) is 5.91 Å². The first-order valence-electron chi connectivity index (χ1n) is 10.1. The number of likely N-dealkylation sites (tertiary alicyclic amines) is 1. The van der Waals surface area contributed by atoms with Crippen LogP contribution in [0.4, 0.5) is 17.6 Å². The fraction of sp³-hybridized carbons (Fsp3) is 0.429. The van der Waals surface area contributed by atoms with E-state index >= 15 is 0 Å². The zero-order valence-corrected chi connectivity index (χ0v) is 17.0. The van der Waals surface area contributed by atoms with Crippen molar-refractivity contribution in [1.82, 2.24) is 24.6 Å². The van der Waals surface area contributed by atoms with Crippen molar-refractivity contribution < 1.29 is 22.4 Å². The number of halogens is 4. The fourth-order valence-corrected chi connectivity index (χ4v) is 4.07. The van der Waals surface area contributed by atoms with Crippen molar-refractivity contribution in [2.24, 2.45) is 7.05 Å². The standard InChI is InChI=1S/C21H23F4N5O/c1-28-13-15(22)19-14(5-4-6-17(19)28)12-30(10-9-29-7-2-3-8-29)20(31)16-11-18(27-26-16)21(23,24)25/h4-6,11,13H,2-3,7-10,12H2,1H3,(H,26,27).